The highest BCUT2D eigenvalue weighted by Gasteiger charge is 2.38. The van der Waals surface area contributed by atoms with Gasteiger partial charge in [0.05, 0.1) is 29.1 Å². The lowest BCUT2D eigenvalue weighted by atomic mass is 10.0. The normalized spacial score (nSPS) is 20.4. The van der Waals surface area contributed by atoms with Crippen LogP contribution in [0.4, 0.5) is 23.2 Å². The molecule has 0 N–H and O–H groups in total. The molecule has 1 aromatic heterocycles. The van der Waals surface area contributed by atoms with Crippen molar-refractivity contribution in [1.82, 2.24) is 14.8 Å². The Morgan fingerprint density at radius 2 is 1.83 bits per heavy atom. The Morgan fingerprint density at radius 3 is 2.49 bits per heavy atom. The lowest BCUT2D eigenvalue weighted by Gasteiger charge is -2.36. The van der Waals surface area contributed by atoms with Gasteiger partial charge in [-0.15, -0.1) is 0 Å². The second-order valence-electron chi connectivity index (χ2n) is 9.50. The monoisotopic (exact) mass is 490 g/mol. The van der Waals surface area contributed by atoms with E-state index in [0.29, 0.717) is 37.0 Å². The van der Waals surface area contributed by atoms with E-state index in [0.717, 1.165) is 30.1 Å². The molecular formula is C25H26F4N4O2. The second kappa shape index (κ2) is 8.80. The van der Waals surface area contributed by atoms with Crippen molar-refractivity contribution in [3.8, 4) is 0 Å². The van der Waals surface area contributed by atoms with Gasteiger partial charge < -0.3 is 14.7 Å². The van der Waals surface area contributed by atoms with Crippen molar-refractivity contribution in [2.24, 2.45) is 5.92 Å². The maximum Gasteiger partial charge on any atom is 0.417 e. The number of halogens is 4. The highest BCUT2D eigenvalue weighted by atomic mass is 19.4. The summed E-state index contributed by atoms with van der Waals surface area (Å²) in [5, 5.41) is 0. The molecule has 1 saturated carbocycles. The quantitative estimate of drug-likeness (QED) is 0.579. The number of amides is 2. The number of hydrogen-bond acceptors (Lipinski definition) is 4. The smallest absolute Gasteiger partial charge is 0.367 e. The lowest BCUT2D eigenvalue weighted by molar-refractivity contribution is -0.138. The van der Waals surface area contributed by atoms with Gasteiger partial charge in [-0.2, -0.15) is 13.2 Å². The second-order valence-corrected chi connectivity index (χ2v) is 9.50. The number of pyridine rings is 1. The Hall–Kier alpha value is -3.17. The fourth-order valence-electron chi connectivity index (χ4n) is 4.92. The van der Waals surface area contributed by atoms with Crippen molar-refractivity contribution in [2.45, 2.75) is 38.4 Å². The minimum atomic E-state index is -4.75. The van der Waals surface area contributed by atoms with Gasteiger partial charge in [0.1, 0.15) is 11.5 Å². The highest BCUT2D eigenvalue weighted by molar-refractivity contribution is 5.98. The molecule has 2 aromatic rings. The van der Waals surface area contributed by atoms with Crippen LogP contribution >= 0.6 is 0 Å². The van der Waals surface area contributed by atoms with E-state index in [1.807, 2.05) is 22.8 Å². The molecule has 3 heterocycles. The largest absolute Gasteiger partial charge is 0.417 e. The predicted molar refractivity (Wildman–Crippen MR) is 121 cm³/mol. The number of aromatic nitrogens is 1. The molecule has 1 aromatic carbocycles. The van der Waals surface area contributed by atoms with Crippen molar-refractivity contribution in [3.05, 3.63) is 58.7 Å². The summed E-state index contributed by atoms with van der Waals surface area (Å²) >= 11 is 0. The van der Waals surface area contributed by atoms with Crippen LogP contribution in [0.3, 0.4) is 0 Å². The van der Waals surface area contributed by atoms with E-state index in [1.54, 1.807) is 6.20 Å². The molecule has 0 radical (unpaired) electrons. The Bertz CT molecular complexity index is 1160. The number of carbonyl (C=O) groups excluding carboxylic acids is 2. The fourth-order valence-corrected chi connectivity index (χ4v) is 4.92. The predicted octanol–water partition coefficient (Wildman–Crippen LogP) is 4.52. The van der Waals surface area contributed by atoms with Crippen LogP contribution in [-0.4, -0.2) is 59.3 Å². The number of nitrogens with zero attached hydrogens (tertiary/aromatic N) is 4. The fraction of sp³-hybridized carbons (Fsp3) is 0.480. The molecule has 2 fully saturated rings. The van der Waals surface area contributed by atoms with Crippen LogP contribution in [0.2, 0.25) is 0 Å². The number of carbonyl (C=O) groups is 2. The first kappa shape index (κ1) is 23.6. The van der Waals surface area contributed by atoms with Crippen molar-refractivity contribution < 1.29 is 27.2 Å². The third-order valence-electron chi connectivity index (χ3n) is 7.21. The lowest BCUT2D eigenvalue weighted by Crippen LogP contribution is -2.49. The van der Waals surface area contributed by atoms with Gasteiger partial charge in [-0.25, -0.2) is 9.37 Å². The summed E-state index contributed by atoms with van der Waals surface area (Å²) in [6, 6.07) is 3.84. The molecule has 2 aliphatic heterocycles. The van der Waals surface area contributed by atoms with Crippen molar-refractivity contribution in [2.75, 3.05) is 37.6 Å². The van der Waals surface area contributed by atoms with Crippen molar-refractivity contribution >= 4 is 17.5 Å². The summed E-state index contributed by atoms with van der Waals surface area (Å²) in [4.78, 5) is 35.2. The van der Waals surface area contributed by atoms with Crippen LogP contribution in [0.1, 0.15) is 64.2 Å². The van der Waals surface area contributed by atoms with E-state index >= 15 is 0 Å². The first-order valence-electron chi connectivity index (χ1n) is 11.9. The van der Waals surface area contributed by atoms with Crippen molar-refractivity contribution in [3.63, 3.8) is 0 Å². The Labute approximate surface area is 200 Å². The van der Waals surface area contributed by atoms with E-state index < -0.39 is 29.0 Å². The van der Waals surface area contributed by atoms with Crippen LogP contribution in [-0.2, 0) is 6.18 Å². The molecule has 186 valence electrons. The number of alkyl halides is 3. The van der Waals surface area contributed by atoms with Gasteiger partial charge >= 0.3 is 6.18 Å². The van der Waals surface area contributed by atoms with Gasteiger partial charge in [0.25, 0.3) is 11.8 Å². The van der Waals surface area contributed by atoms with E-state index in [1.165, 1.54) is 17.7 Å². The first-order valence-corrected chi connectivity index (χ1v) is 11.9. The third kappa shape index (κ3) is 4.58. The zero-order valence-electron chi connectivity index (χ0n) is 19.3. The summed E-state index contributed by atoms with van der Waals surface area (Å²) in [6.07, 6.45) is 0.360. The van der Waals surface area contributed by atoms with E-state index in [4.69, 9.17) is 0 Å². The molecule has 0 bridgehead atoms. The van der Waals surface area contributed by atoms with Gasteiger partial charge in [0, 0.05) is 38.3 Å². The summed E-state index contributed by atoms with van der Waals surface area (Å²) in [7, 11) is 0. The average molecular weight is 491 g/mol. The number of anilines is 1. The first-order chi connectivity index (χ1) is 16.6. The van der Waals surface area contributed by atoms with E-state index in [-0.39, 0.29) is 25.0 Å². The van der Waals surface area contributed by atoms with Crippen LogP contribution in [0.25, 0.3) is 0 Å². The highest BCUT2D eigenvalue weighted by Crippen LogP contribution is 2.38. The summed E-state index contributed by atoms with van der Waals surface area (Å²) in [5.74, 6) is -1.06. The van der Waals surface area contributed by atoms with Crippen LogP contribution in [0, 0.1) is 11.7 Å². The number of hydrogen-bond donors (Lipinski definition) is 0. The molecule has 1 aliphatic carbocycles. The van der Waals surface area contributed by atoms with Gasteiger partial charge in [-0.3, -0.25) is 9.59 Å². The van der Waals surface area contributed by atoms with E-state index in [9.17, 15) is 27.2 Å². The molecule has 1 unspecified atom stereocenters. The van der Waals surface area contributed by atoms with Gasteiger partial charge in [0.2, 0.25) is 0 Å². The Balaban J connectivity index is 1.27. The maximum atomic E-state index is 13.7. The molecule has 2 amide bonds. The van der Waals surface area contributed by atoms with E-state index in [2.05, 4.69) is 4.98 Å². The topological polar surface area (TPSA) is 56.8 Å². The number of piperazine rings is 1. The van der Waals surface area contributed by atoms with Crippen LogP contribution < -0.4 is 4.90 Å². The standard InChI is InChI=1S/C25H26F4N4O2/c1-15-19-13-18(14-30-22(19)24(35)33(15)7-6-16-2-3-16)31-8-10-32(11-9-31)23(34)20-12-17(26)4-5-21(20)25(27,28)29/h4-5,12-16H,2-3,6-11H2,1H3. The number of benzene rings is 1. The van der Waals surface area contributed by atoms with Gasteiger partial charge in [-0.1, -0.05) is 12.8 Å². The number of fused-ring (bicyclic) bond motifs is 1. The SMILES string of the molecule is CC1c2cc(N3CCN(C(=O)c4cc(F)ccc4C(F)(F)F)CC3)cnc2C(=O)N1CCC1CC1. The molecule has 6 nitrogen and oxygen atoms in total. The summed E-state index contributed by atoms with van der Waals surface area (Å²) in [5.41, 5.74) is 0.331. The molecule has 10 heteroatoms. The van der Waals surface area contributed by atoms with Crippen molar-refractivity contribution in [1.29, 1.82) is 0 Å². The molecule has 3 aliphatic rings. The Kier molecular flexibility index (Phi) is 5.93. The zero-order chi connectivity index (χ0) is 24.9. The minimum absolute atomic E-state index is 0.0503. The molecule has 35 heavy (non-hydrogen) atoms. The number of rotatable bonds is 5. The molecule has 1 saturated heterocycles. The molecule has 0 spiro atoms. The van der Waals surface area contributed by atoms with Crippen LogP contribution in [0.5, 0.6) is 0 Å². The molecular weight excluding hydrogens is 464 g/mol. The molecule has 1 atom stereocenters. The molecule has 5 rings (SSSR count). The maximum absolute atomic E-state index is 13.7. The Morgan fingerprint density at radius 1 is 1.11 bits per heavy atom. The zero-order valence-corrected chi connectivity index (χ0v) is 19.3. The third-order valence-corrected chi connectivity index (χ3v) is 7.21. The van der Waals surface area contributed by atoms with Gasteiger partial charge in [-0.05, 0) is 43.5 Å². The summed E-state index contributed by atoms with van der Waals surface area (Å²) < 4.78 is 53.7. The average Bonchev–Trinajstić information content (AvgIpc) is 3.63. The summed E-state index contributed by atoms with van der Waals surface area (Å²) in [6.45, 7) is 3.86. The van der Waals surface area contributed by atoms with Gasteiger partial charge in [0.15, 0.2) is 0 Å². The minimum Gasteiger partial charge on any atom is -0.367 e. The van der Waals surface area contributed by atoms with Crippen LogP contribution in [0.15, 0.2) is 30.5 Å².